The topological polar surface area (TPSA) is 75.2 Å². The monoisotopic (exact) mass is 312 g/mol. The number of aliphatic hydroxyl groups excluding tert-OH is 1. The van der Waals surface area contributed by atoms with E-state index in [0.717, 1.165) is 0 Å². The van der Waals surface area contributed by atoms with Crippen LogP contribution in [0.3, 0.4) is 0 Å². The van der Waals surface area contributed by atoms with Crippen LogP contribution >= 0.6 is 0 Å². The fraction of sp³-hybridized carbons (Fsp3) is 0.0588. The van der Waals surface area contributed by atoms with Crippen molar-refractivity contribution < 1.29 is 14.2 Å². The van der Waals surface area contributed by atoms with Gasteiger partial charge in [0.1, 0.15) is 23.0 Å². The second-order valence-electron chi connectivity index (χ2n) is 4.87. The summed E-state index contributed by atoms with van der Waals surface area (Å²) in [7, 11) is 1.55. The number of nitrogens with zero attached hydrogens (tertiary/aromatic N) is 1. The molecule has 2 N–H and O–H groups in total. The molecular formula is C17H13FN2O3. The van der Waals surface area contributed by atoms with Crippen molar-refractivity contribution >= 4 is 22.9 Å². The van der Waals surface area contributed by atoms with Crippen molar-refractivity contribution in [1.82, 2.24) is 9.97 Å². The number of methoxy groups -OCH3 is 1. The molecule has 1 heterocycles. The fourth-order valence-corrected chi connectivity index (χ4v) is 2.15. The number of nitrogens with one attached hydrogen (secondary N) is 1. The van der Waals surface area contributed by atoms with E-state index in [4.69, 9.17) is 4.74 Å². The maximum absolute atomic E-state index is 13.2. The first kappa shape index (κ1) is 14.8. The molecular weight excluding hydrogens is 299 g/mol. The largest absolute Gasteiger partial charge is 0.507 e. The smallest absolute Gasteiger partial charge is 0.274 e. The van der Waals surface area contributed by atoms with E-state index in [9.17, 15) is 14.3 Å². The van der Waals surface area contributed by atoms with Crippen LogP contribution in [-0.4, -0.2) is 22.2 Å². The summed E-state index contributed by atoms with van der Waals surface area (Å²) in [6.45, 7) is 0. The van der Waals surface area contributed by atoms with Crippen molar-refractivity contribution in [3.63, 3.8) is 0 Å². The Hall–Kier alpha value is -3.15. The molecule has 0 saturated heterocycles. The molecule has 1 aromatic heterocycles. The minimum absolute atomic E-state index is 0.0393. The second-order valence-corrected chi connectivity index (χ2v) is 4.87. The first-order chi connectivity index (χ1) is 11.1. The number of rotatable bonds is 3. The first-order valence-electron chi connectivity index (χ1n) is 6.81. The second kappa shape index (κ2) is 5.92. The maximum Gasteiger partial charge on any atom is 0.274 e. The Kier molecular flexibility index (Phi) is 3.80. The van der Waals surface area contributed by atoms with Gasteiger partial charge in [0.2, 0.25) is 0 Å². The number of fused-ring (bicyclic) bond motifs is 1. The van der Waals surface area contributed by atoms with Crippen LogP contribution in [-0.2, 0) is 0 Å². The standard InChI is InChI=1S/C17H13FN2O3/c1-23-12-5-2-10(3-6-12)16(21)9-15-17(22)20-14-8-11(18)4-7-13(14)19-15/h2-9,21H,1H3,(H,20,22)/b16-9-. The van der Waals surface area contributed by atoms with Crippen LogP contribution in [0.2, 0.25) is 0 Å². The molecule has 5 nitrogen and oxygen atoms in total. The zero-order valence-corrected chi connectivity index (χ0v) is 12.2. The number of H-pyrrole nitrogens is 1. The zero-order valence-electron chi connectivity index (χ0n) is 12.2. The van der Waals surface area contributed by atoms with Gasteiger partial charge in [0.15, 0.2) is 0 Å². The molecule has 0 unspecified atom stereocenters. The predicted octanol–water partition coefficient (Wildman–Crippen LogP) is 3.13. The van der Waals surface area contributed by atoms with Crippen molar-refractivity contribution in [2.45, 2.75) is 0 Å². The van der Waals surface area contributed by atoms with Crippen molar-refractivity contribution in [1.29, 1.82) is 0 Å². The molecule has 0 aliphatic heterocycles. The summed E-state index contributed by atoms with van der Waals surface area (Å²) in [4.78, 5) is 18.7. The van der Waals surface area contributed by atoms with Crippen LogP contribution in [0.15, 0.2) is 47.3 Å². The van der Waals surface area contributed by atoms with Gasteiger partial charge < -0.3 is 14.8 Å². The van der Waals surface area contributed by atoms with Gasteiger partial charge in [0, 0.05) is 11.6 Å². The third kappa shape index (κ3) is 3.06. The lowest BCUT2D eigenvalue weighted by molar-refractivity contribution is 0.414. The molecule has 116 valence electrons. The summed E-state index contributed by atoms with van der Waals surface area (Å²) >= 11 is 0. The number of aliphatic hydroxyl groups is 1. The van der Waals surface area contributed by atoms with Gasteiger partial charge in [-0.15, -0.1) is 0 Å². The summed E-state index contributed by atoms with van der Waals surface area (Å²) < 4.78 is 18.2. The molecule has 3 aromatic rings. The van der Waals surface area contributed by atoms with Crippen LogP contribution in [0.25, 0.3) is 22.9 Å². The van der Waals surface area contributed by atoms with Crippen LogP contribution in [0.5, 0.6) is 5.75 Å². The van der Waals surface area contributed by atoms with E-state index < -0.39 is 11.4 Å². The number of aromatic amines is 1. The highest BCUT2D eigenvalue weighted by molar-refractivity contribution is 5.79. The number of benzene rings is 2. The summed E-state index contributed by atoms with van der Waals surface area (Å²) in [5.41, 5.74) is 0.780. The molecule has 0 saturated carbocycles. The molecule has 2 aromatic carbocycles. The van der Waals surface area contributed by atoms with Gasteiger partial charge in [-0.2, -0.15) is 0 Å². The predicted molar refractivity (Wildman–Crippen MR) is 85.8 cm³/mol. The quantitative estimate of drug-likeness (QED) is 0.729. The lowest BCUT2D eigenvalue weighted by Gasteiger charge is -2.03. The zero-order chi connectivity index (χ0) is 16.4. The van der Waals surface area contributed by atoms with Gasteiger partial charge in [-0.1, -0.05) is 0 Å². The average Bonchev–Trinajstić information content (AvgIpc) is 2.55. The molecule has 0 fully saturated rings. The lowest BCUT2D eigenvalue weighted by atomic mass is 10.1. The van der Waals surface area contributed by atoms with Gasteiger partial charge in [-0.05, 0) is 42.5 Å². The summed E-state index contributed by atoms with van der Waals surface area (Å²) in [6, 6.07) is 10.6. The Balaban J connectivity index is 2.03. The number of hydrogen-bond donors (Lipinski definition) is 2. The minimum Gasteiger partial charge on any atom is -0.507 e. The fourth-order valence-electron chi connectivity index (χ4n) is 2.15. The van der Waals surface area contributed by atoms with Gasteiger partial charge in [-0.3, -0.25) is 4.79 Å². The van der Waals surface area contributed by atoms with Crippen molar-refractivity contribution in [2.24, 2.45) is 0 Å². The number of aromatic nitrogens is 2. The molecule has 6 heteroatoms. The molecule has 0 radical (unpaired) electrons. The third-order valence-electron chi connectivity index (χ3n) is 3.34. The van der Waals surface area contributed by atoms with E-state index >= 15 is 0 Å². The Morgan fingerprint density at radius 1 is 1.26 bits per heavy atom. The van der Waals surface area contributed by atoms with Gasteiger partial charge in [0.25, 0.3) is 5.56 Å². The molecule has 23 heavy (non-hydrogen) atoms. The summed E-state index contributed by atoms with van der Waals surface area (Å²) in [5.74, 6) is 0.0942. The Morgan fingerprint density at radius 2 is 2.00 bits per heavy atom. The van der Waals surface area contributed by atoms with E-state index in [-0.39, 0.29) is 11.5 Å². The number of halogens is 1. The summed E-state index contributed by atoms with van der Waals surface area (Å²) in [6.07, 6.45) is 1.27. The molecule has 0 bridgehead atoms. The molecule has 0 amide bonds. The van der Waals surface area contributed by atoms with Crippen LogP contribution in [0.1, 0.15) is 11.3 Å². The van der Waals surface area contributed by atoms with E-state index in [1.807, 2.05) is 0 Å². The van der Waals surface area contributed by atoms with E-state index in [1.165, 1.54) is 24.3 Å². The Bertz CT molecular complexity index is 946. The van der Waals surface area contributed by atoms with E-state index in [1.54, 1.807) is 31.4 Å². The van der Waals surface area contributed by atoms with E-state index in [2.05, 4.69) is 9.97 Å². The van der Waals surface area contributed by atoms with Crippen molar-refractivity contribution in [3.8, 4) is 5.75 Å². The van der Waals surface area contributed by atoms with Crippen LogP contribution in [0.4, 0.5) is 4.39 Å². The minimum atomic E-state index is -0.511. The van der Waals surface area contributed by atoms with Gasteiger partial charge in [-0.25, -0.2) is 9.37 Å². The highest BCUT2D eigenvalue weighted by atomic mass is 19.1. The molecule has 0 aliphatic rings. The number of ether oxygens (including phenoxy) is 1. The molecule has 0 aliphatic carbocycles. The normalized spacial score (nSPS) is 11.7. The average molecular weight is 312 g/mol. The van der Waals surface area contributed by atoms with Crippen LogP contribution in [0, 0.1) is 5.82 Å². The van der Waals surface area contributed by atoms with Crippen molar-refractivity contribution in [2.75, 3.05) is 7.11 Å². The maximum atomic E-state index is 13.2. The first-order valence-corrected chi connectivity index (χ1v) is 6.81. The Labute approximate surface area is 130 Å². The molecule has 3 rings (SSSR count). The summed E-state index contributed by atoms with van der Waals surface area (Å²) in [5, 5.41) is 10.1. The molecule has 0 atom stereocenters. The van der Waals surface area contributed by atoms with Gasteiger partial charge >= 0.3 is 0 Å². The SMILES string of the molecule is COc1ccc(/C(O)=C/c2nc3ccc(F)cc3[nH]c2=O)cc1. The Morgan fingerprint density at radius 3 is 2.70 bits per heavy atom. The molecule has 0 spiro atoms. The van der Waals surface area contributed by atoms with Gasteiger partial charge in [0.05, 0.1) is 18.1 Å². The highest BCUT2D eigenvalue weighted by Gasteiger charge is 2.06. The van der Waals surface area contributed by atoms with Crippen molar-refractivity contribution in [3.05, 3.63) is 69.9 Å². The highest BCUT2D eigenvalue weighted by Crippen LogP contribution is 2.18. The van der Waals surface area contributed by atoms with Crippen LogP contribution < -0.4 is 10.3 Å². The lowest BCUT2D eigenvalue weighted by Crippen LogP contribution is -2.12. The number of hydrogen-bond acceptors (Lipinski definition) is 4. The third-order valence-corrected chi connectivity index (χ3v) is 3.34. The van der Waals surface area contributed by atoms with E-state index in [0.29, 0.717) is 22.3 Å².